The van der Waals surface area contributed by atoms with Crippen LogP contribution in [0.3, 0.4) is 0 Å². The van der Waals surface area contributed by atoms with Crippen LogP contribution in [0, 0.1) is 18.6 Å². The lowest BCUT2D eigenvalue weighted by molar-refractivity contribution is 0.0937. The van der Waals surface area contributed by atoms with Crippen molar-refractivity contribution < 1.29 is 18.7 Å². The van der Waals surface area contributed by atoms with Gasteiger partial charge in [-0.3, -0.25) is 4.79 Å². The van der Waals surface area contributed by atoms with Crippen LogP contribution in [-0.4, -0.2) is 16.0 Å². The Morgan fingerprint density at radius 3 is 2.48 bits per heavy atom. The van der Waals surface area contributed by atoms with Crippen LogP contribution in [0.5, 0.6) is 5.75 Å². The molecule has 0 saturated heterocycles. The van der Waals surface area contributed by atoms with Gasteiger partial charge < -0.3 is 10.4 Å². The van der Waals surface area contributed by atoms with Crippen molar-refractivity contribution in [1.29, 1.82) is 0 Å². The Labute approximate surface area is 159 Å². The number of carbonyl (C=O) groups is 1. The number of aromatic hydroxyl groups is 1. The molecule has 0 saturated carbocycles. The van der Waals surface area contributed by atoms with Crippen molar-refractivity contribution in [3.05, 3.63) is 93.8 Å². The Balaban J connectivity index is 2.01. The molecule has 138 valence electrons. The third kappa shape index (κ3) is 4.23. The molecular formula is C20H15ClF2N2O2. The highest BCUT2D eigenvalue weighted by Gasteiger charge is 2.22. The Morgan fingerprint density at radius 1 is 1.11 bits per heavy atom. The number of aryl methyl sites for hydroxylation is 1. The molecule has 3 aromatic rings. The van der Waals surface area contributed by atoms with Crippen molar-refractivity contribution in [1.82, 2.24) is 10.3 Å². The fraction of sp³-hybridized carbons (Fsp3) is 0.100. The number of rotatable bonds is 4. The van der Waals surface area contributed by atoms with Crippen LogP contribution < -0.4 is 5.32 Å². The highest BCUT2D eigenvalue weighted by atomic mass is 35.5. The molecule has 3 rings (SSSR count). The van der Waals surface area contributed by atoms with Crippen LogP contribution in [-0.2, 0) is 0 Å². The summed E-state index contributed by atoms with van der Waals surface area (Å²) in [5.41, 5.74) is 0.833. The molecule has 4 nitrogen and oxygen atoms in total. The van der Waals surface area contributed by atoms with E-state index < -0.39 is 23.6 Å². The van der Waals surface area contributed by atoms with Gasteiger partial charge in [-0.05, 0) is 55.0 Å². The number of nitrogens with zero attached hydrogens (tertiary/aromatic N) is 1. The summed E-state index contributed by atoms with van der Waals surface area (Å²) in [5.74, 6) is -1.86. The van der Waals surface area contributed by atoms with E-state index in [9.17, 15) is 18.7 Å². The summed E-state index contributed by atoms with van der Waals surface area (Å²) in [6.07, 6.45) is 0. The van der Waals surface area contributed by atoms with E-state index in [1.165, 1.54) is 19.1 Å². The normalized spacial score (nSPS) is 11.9. The number of phenolic OH excluding ortho intramolecular Hbond substituents is 1. The predicted octanol–water partition coefficient (Wildman–Crippen LogP) is 4.55. The number of nitrogens with one attached hydrogen (secondary N) is 1. The fourth-order valence-electron chi connectivity index (χ4n) is 2.63. The lowest BCUT2D eigenvalue weighted by Gasteiger charge is -2.21. The molecule has 0 aliphatic carbocycles. The number of halogens is 3. The highest BCUT2D eigenvalue weighted by Crippen LogP contribution is 2.31. The van der Waals surface area contributed by atoms with Gasteiger partial charge in [-0.25, -0.2) is 13.8 Å². The maximum atomic E-state index is 13.7. The molecule has 0 spiro atoms. The van der Waals surface area contributed by atoms with Crippen LogP contribution in [0.1, 0.15) is 33.4 Å². The number of pyridine rings is 1. The Kier molecular flexibility index (Phi) is 5.37. The third-order valence-corrected chi connectivity index (χ3v) is 4.29. The second kappa shape index (κ2) is 7.72. The van der Waals surface area contributed by atoms with Crippen molar-refractivity contribution in [3.63, 3.8) is 0 Å². The lowest BCUT2D eigenvalue weighted by Crippen LogP contribution is -2.30. The number of carbonyl (C=O) groups excluding carboxylic acids is 1. The van der Waals surface area contributed by atoms with Gasteiger partial charge in [0.15, 0.2) is 0 Å². The maximum Gasteiger partial charge on any atom is 0.270 e. The summed E-state index contributed by atoms with van der Waals surface area (Å²) in [4.78, 5) is 16.6. The van der Waals surface area contributed by atoms with Crippen molar-refractivity contribution in [3.8, 4) is 5.75 Å². The van der Waals surface area contributed by atoms with Gasteiger partial charge in [-0.15, -0.1) is 0 Å². The Hall–Kier alpha value is -2.99. The third-order valence-electron chi connectivity index (χ3n) is 4.03. The van der Waals surface area contributed by atoms with Gasteiger partial charge in [0, 0.05) is 10.6 Å². The minimum Gasteiger partial charge on any atom is -0.508 e. The topological polar surface area (TPSA) is 62.2 Å². The van der Waals surface area contributed by atoms with Gasteiger partial charge in [0.1, 0.15) is 23.1 Å². The molecule has 0 bridgehead atoms. The second-order valence-corrected chi connectivity index (χ2v) is 6.36. The molecular weight excluding hydrogens is 374 g/mol. The van der Waals surface area contributed by atoms with Gasteiger partial charge >= 0.3 is 0 Å². The van der Waals surface area contributed by atoms with E-state index in [1.807, 2.05) is 0 Å². The smallest absolute Gasteiger partial charge is 0.270 e. The molecule has 0 radical (unpaired) electrons. The summed E-state index contributed by atoms with van der Waals surface area (Å²) < 4.78 is 27.2. The van der Waals surface area contributed by atoms with Crippen LogP contribution in [0.15, 0.2) is 54.6 Å². The van der Waals surface area contributed by atoms with Gasteiger partial charge in [0.25, 0.3) is 5.91 Å². The van der Waals surface area contributed by atoms with E-state index in [1.54, 1.807) is 24.3 Å². The molecule has 1 unspecified atom stereocenters. The molecule has 27 heavy (non-hydrogen) atoms. The lowest BCUT2D eigenvalue weighted by atomic mass is 9.97. The predicted molar refractivity (Wildman–Crippen MR) is 97.8 cm³/mol. The minimum atomic E-state index is -0.863. The molecule has 0 fully saturated rings. The second-order valence-electron chi connectivity index (χ2n) is 5.92. The summed E-state index contributed by atoms with van der Waals surface area (Å²) in [6, 6.07) is 11.5. The summed E-state index contributed by atoms with van der Waals surface area (Å²) in [5, 5.41) is 13.4. The molecule has 0 aliphatic heterocycles. The molecule has 1 amide bonds. The fourth-order valence-corrected chi connectivity index (χ4v) is 2.75. The van der Waals surface area contributed by atoms with Crippen LogP contribution in [0.25, 0.3) is 0 Å². The molecule has 2 aromatic carbocycles. The quantitative estimate of drug-likeness (QED) is 0.689. The average Bonchev–Trinajstić information content (AvgIpc) is 2.65. The van der Waals surface area contributed by atoms with Crippen molar-refractivity contribution >= 4 is 17.5 Å². The first-order valence-corrected chi connectivity index (χ1v) is 8.41. The molecule has 1 heterocycles. The molecule has 7 heteroatoms. The van der Waals surface area contributed by atoms with Gasteiger partial charge in [-0.1, -0.05) is 23.7 Å². The number of hydrogen-bond acceptors (Lipinski definition) is 3. The van der Waals surface area contributed by atoms with Gasteiger partial charge in [-0.2, -0.15) is 0 Å². The zero-order valence-electron chi connectivity index (χ0n) is 14.2. The SMILES string of the molecule is Cc1nc(C(=O)NC(c2ccc(Cl)cc2)c2cc(F)ccc2O)ccc1F. The Bertz CT molecular complexity index is 994. The first kappa shape index (κ1) is 18.8. The van der Waals surface area contributed by atoms with Crippen LogP contribution in [0.4, 0.5) is 8.78 Å². The maximum absolute atomic E-state index is 13.7. The molecule has 1 aromatic heterocycles. The van der Waals surface area contributed by atoms with E-state index in [0.29, 0.717) is 10.6 Å². The summed E-state index contributed by atoms with van der Waals surface area (Å²) >= 11 is 5.91. The number of hydrogen-bond donors (Lipinski definition) is 2. The number of amides is 1. The van der Waals surface area contributed by atoms with Crippen LogP contribution >= 0.6 is 11.6 Å². The molecule has 1 atom stereocenters. The highest BCUT2D eigenvalue weighted by molar-refractivity contribution is 6.30. The zero-order chi connectivity index (χ0) is 19.6. The zero-order valence-corrected chi connectivity index (χ0v) is 15.0. The molecule has 0 aliphatic rings. The van der Waals surface area contributed by atoms with E-state index in [0.717, 1.165) is 18.2 Å². The summed E-state index contributed by atoms with van der Waals surface area (Å²) in [6.45, 7) is 1.45. The van der Waals surface area contributed by atoms with E-state index >= 15 is 0 Å². The van der Waals surface area contributed by atoms with Gasteiger partial charge in [0.2, 0.25) is 0 Å². The van der Waals surface area contributed by atoms with E-state index in [4.69, 9.17) is 11.6 Å². The minimum absolute atomic E-state index is 0.00348. The van der Waals surface area contributed by atoms with E-state index in [2.05, 4.69) is 10.3 Å². The standard InChI is InChI=1S/C20H15ClF2N2O2/c1-11-16(23)7-8-17(24-11)20(27)25-19(12-2-4-13(21)5-3-12)15-10-14(22)6-9-18(15)26/h2-10,19,26H,1H3,(H,25,27). The Morgan fingerprint density at radius 2 is 1.81 bits per heavy atom. The first-order valence-electron chi connectivity index (χ1n) is 8.03. The van der Waals surface area contributed by atoms with Crippen LogP contribution in [0.2, 0.25) is 5.02 Å². The molecule has 2 N–H and O–H groups in total. The largest absolute Gasteiger partial charge is 0.508 e. The number of benzene rings is 2. The average molecular weight is 389 g/mol. The summed E-state index contributed by atoms with van der Waals surface area (Å²) in [7, 11) is 0. The van der Waals surface area contributed by atoms with Crippen molar-refractivity contribution in [2.75, 3.05) is 0 Å². The van der Waals surface area contributed by atoms with Crippen molar-refractivity contribution in [2.24, 2.45) is 0 Å². The van der Waals surface area contributed by atoms with E-state index in [-0.39, 0.29) is 22.7 Å². The first-order chi connectivity index (χ1) is 12.8. The number of phenols is 1. The van der Waals surface area contributed by atoms with Gasteiger partial charge in [0.05, 0.1) is 11.7 Å². The number of aromatic nitrogens is 1. The van der Waals surface area contributed by atoms with Crippen molar-refractivity contribution in [2.45, 2.75) is 13.0 Å². The monoisotopic (exact) mass is 388 g/mol.